The van der Waals surface area contributed by atoms with E-state index in [2.05, 4.69) is 21.6 Å². The molecule has 0 radical (unpaired) electrons. The van der Waals surface area contributed by atoms with Crippen LogP contribution < -0.4 is 0 Å². The van der Waals surface area contributed by atoms with Crippen LogP contribution in [-0.4, -0.2) is 53.2 Å². The Morgan fingerprint density at radius 1 is 1.35 bits per heavy atom. The van der Waals surface area contributed by atoms with E-state index in [0.29, 0.717) is 32.2 Å². The largest absolute Gasteiger partial charge is 0.469 e. The number of ether oxygens (including phenoxy) is 1. The maximum absolute atomic E-state index is 11.7. The van der Waals surface area contributed by atoms with Crippen molar-refractivity contribution in [2.45, 2.75) is 44.6 Å². The SMILES string of the molecule is COC(=O)CCCC#CCN1C(=O)CCCC1CO.F.c1ccncc1. The van der Waals surface area contributed by atoms with E-state index in [1.165, 1.54) is 7.11 Å². The molecule has 1 atom stereocenters. The topological polar surface area (TPSA) is 79.7 Å². The highest BCUT2D eigenvalue weighted by atomic mass is 19.0. The first kappa shape index (κ1) is 23.5. The lowest BCUT2D eigenvalue weighted by Crippen LogP contribution is -2.45. The van der Waals surface area contributed by atoms with Crippen LogP contribution in [0, 0.1) is 11.8 Å². The Labute approximate surface area is 153 Å². The molecule has 1 N–H and O–H groups in total. The molecule has 144 valence electrons. The van der Waals surface area contributed by atoms with Gasteiger partial charge in [0.2, 0.25) is 5.91 Å². The van der Waals surface area contributed by atoms with E-state index in [1.807, 2.05) is 18.2 Å². The Morgan fingerprint density at radius 2 is 2.08 bits per heavy atom. The normalized spacial score (nSPS) is 15.5. The number of likely N-dealkylation sites (tertiary alicyclic amines) is 1. The minimum atomic E-state index is -0.228. The number of halogens is 1. The third kappa shape index (κ3) is 9.74. The molecule has 1 aromatic heterocycles. The zero-order valence-corrected chi connectivity index (χ0v) is 15.1. The standard InChI is InChI=1S/C14H21NO4.C5H5N.FH/c1-19-14(18)9-4-2-3-5-10-15-12(11-16)7-6-8-13(15)17;1-2-4-6-5-3-1;/h12,16H,2,4,6-11H2,1H3;1-5H;1H. The lowest BCUT2D eigenvalue weighted by Gasteiger charge is -2.32. The fourth-order valence-electron chi connectivity index (χ4n) is 2.36. The highest BCUT2D eigenvalue weighted by molar-refractivity contribution is 5.77. The van der Waals surface area contributed by atoms with Gasteiger partial charge in [-0.2, -0.15) is 0 Å². The second-order valence-corrected chi connectivity index (χ2v) is 5.56. The molecule has 1 amide bonds. The molecule has 1 aliphatic heterocycles. The van der Waals surface area contributed by atoms with Crippen molar-refractivity contribution in [3.63, 3.8) is 0 Å². The summed E-state index contributed by atoms with van der Waals surface area (Å²) in [5.74, 6) is 5.71. The predicted molar refractivity (Wildman–Crippen MR) is 96.8 cm³/mol. The van der Waals surface area contributed by atoms with Gasteiger partial charge in [-0.25, -0.2) is 0 Å². The molecular weight excluding hydrogens is 339 g/mol. The second kappa shape index (κ2) is 14.8. The van der Waals surface area contributed by atoms with Crippen molar-refractivity contribution in [1.29, 1.82) is 0 Å². The van der Waals surface area contributed by atoms with E-state index < -0.39 is 0 Å². The van der Waals surface area contributed by atoms with Crippen LogP contribution in [0.1, 0.15) is 38.5 Å². The molecule has 7 heteroatoms. The number of rotatable bonds is 5. The first-order chi connectivity index (χ1) is 12.2. The molecule has 1 aromatic rings. The van der Waals surface area contributed by atoms with E-state index >= 15 is 0 Å². The molecule has 1 saturated heterocycles. The van der Waals surface area contributed by atoms with Crippen molar-refractivity contribution < 1.29 is 24.1 Å². The van der Waals surface area contributed by atoms with Crippen molar-refractivity contribution in [1.82, 2.24) is 9.88 Å². The summed E-state index contributed by atoms with van der Waals surface area (Å²) in [6.07, 6.45) is 7.37. The Hall–Kier alpha value is -2.46. The molecule has 1 aliphatic rings. The van der Waals surface area contributed by atoms with Gasteiger partial charge in [0, 0.05) is 31.7 Å². The summed E-state index contributed by atoms with van der Waals surface area (Å²) in [6.45, 7) is 0.359. The summed E-state index contributed by atoms with van der Waals surface area (Å²) < 4.78 is 4.53. The Balaban J connectivity index is 0.000000754. The van der Waals surface area contributed by atoms with Gasteiger partial charge in [-0.1, -0.05) is 12.0 Å². The Bertz CT molecular complexity index is 545. The lowest BCUT2D eigenvalue weighted by atomic mass is 10.0. The summed E-state index contributed by atoms with van der Waals surface area (Å²) >= 11 is 0. The van der Waals surface area contributed by atoms with E-state index in [-0.39, 0.29) is 29.2 Å². The van der Waals surface area contributed by atoms with Gasteiger partial charge in [-0.05, 0) is 31.4 Å². The smallest absolute Gasteiger partial charge is 0.305 e. The Morgan fingerprint density at radius 3 is 2.62 bits per heavy atom. The summed E-state index contributed by atoms with van der Waals surface area (Å²) in [5, 5.41) is 9.21. The van der Waals surface area contributed by atoms with Crippen molar-refractivity contribution in [2.24, 2.45) is 0 Å². The van der Waals surface area contributed by atoms with Crippen LogP contribution in [0.2, 0.25) is 0 Å². The molecule has 0 spiro atoms. The molecule has 0 aromatic carbocycles. The van der Waals surface area contributed by atoms with Gasteiger partial charge in [0.1, 0.15) is 0 Å². The summed E-state index contributed by atoms with van der Waals surface area (Å²) in [6, 6.07) is 5.62. The number of aliphatic hydroxyl groups excluding tert-OH is 1. The number of aromatic nitrogens is 1. The second-order valence-electron chi connectivity index (χ2n) is 5.56. The van der Waals surface area contributed by atoms with Gasteiger partial charge in [0.15, 0.2) is 0 Å². The van der Waals surface area contributed by atoms with E-state index in [9.17, 15) is 14.7 Å². The quantitative estimate of drug-likeness (QED) is 0.489. The first-order valence-corrected chi connectivity index (χ1v) is 8.47. The monoisotopic (exact) mass is 366 g/mol. The number of carbonyl (C=O) groups excluding carboxylic acids is 2. The zero-order valence-electron chi connectivity index (χ0n) is 15.1. The number of hydrogen-bond acceptors (Lipinski definition) is 5. The number of pyridine rings is 1. The minimum Gasteiger partial charge on any atom is -0.469 e. The van der Waals surface area contributed by atoms with Crippen LogP contribution >= 0.6 is 0 Å². The van der Waals surface area contributed by atoms with Crippen LogP contribution in [0.4, 0.5) is 4.70 Å². The lowest BCUT2D eigenvalue weighted by molar-refractivity contribution is -0.140. The summed E-state index contributed by atoms with van der Waals surface area (Å²) in [5.41, 5.74) is 0. The third-order valence-electron chi connectivity index (χ3n) is 3.75. The van der Waals surface area contributed by atoms with Crippen LogP contribution in [0.25, 0.3) is 0 Å². The van der Waals surface area contributed by atoms with E-state index in [0.717, 1.165) is 12.8 Å². The molecular formula is C19H27FN2O4. The molecule has 0 saturated carbocycles. The van der Waals surface area contributed by atoms with Crippen LogP contribution in [0.3, 0.4) is 0 Å². The number of hydrogen-bond donors (Lipinski definition) is 1. The van der Waals surface area contributed by atoms with Gasteiger partial charge in [-0.15, -0.1) is 5.92 Å². The van der Waals surface area contributed by atoms with E-state index in [1.54, 1.807) is 17.3 Å². The third-order valence-corrected chi connectivity index (χ3v) is 3.75. The fraction of sp³-hybridized carbons (Fsp3) is 0.526. The highest BCUT2D eigenvalue weighted by Crippen LogP contribution is 2.17. The van der Waals surface area contributed by atoms with Crippen molar-refractivity contribution in [3.8, 4) is 11.8 Å². The number of carbonyl (C=O) groups is 2. The Kier molecular flexibility index (Phi) is 13.4. The molecule has 1 unspecified atom stereocenters. The van der Waals surface area contributed by atoms with Crippen LogP contribution in [-0.2, 0) is 14.3 Å². The average molecular weight is 366 g/mol. The number of nitrogens with zero attached hydrogens (tertiary/aromatic N) is 2. The molecule has 26 heavy (non-hydrogen) atoms. The van der Waals surface area contributed by atoms with Crippen molar-refractivity contribution in [3.05, 3.63) is 30.6 Å². The number of methoxy groups -OCH3 is 1. The molecule has 1 fully saturated rings. The van der Waals surface area contributed by atoms with E-state index in [4.69, 9.17) is 0 Å². The van der Waals surface area contributed by atoms with Crippen molar-refractivity contribution in [2.75, 3.05) is 20.3 Å². The first-order valence-electron chi connectivity index (χ1n) is 8.47. The molecule has 6 nitrogen and oxygen atoms in total. The summed E-state index contributed by atoms with van der Waals surface area (Å²) in [7, 11) is 1.37. The van der Waals surface area contributed by atoms with Crippen LogP contribution in [0.15, 0.2) is 30.6 Å². The number of aliphatic hydroxyl groups is 1. The highest BCUT2D eigenvalue weighted by Gasteiger charge is 2.26. The van der Waals surface area contributed by atoms with Gasteiger partial charge in [0.05, 0.1) is 26.3 Å². The number of piperidine rings is 1. The predicted octanol–water partition coefficient (Wildman–Crippen LogP) is 1.94. The zero-order chi connectivity index (χ0) is 18.3. The van der Waals surface area contributed by atoms with Crippen LogP contribution in [0.5, 0.6) is 0 Å². The summed E-state index contributed by atoms with van der Waals surface area (Å²) in [4.78, 5) is 28.0. The molecule has 2 rings (SSSR count). The maximum Gasteiger partial charge on any atom is 0.305 e. The van der Waals surface area contributed by atoms with Gasteiger partial charge >= 0.3 is 5.97 Å². The average Bonchev–Trinajstić information content (AvgIpc) is 2.67. The number of amides is 1. The number of esters is 1. The van der Waals surface area contributed by atoms with Crippen molar-refractivity contribution >= 4 is 11.9 Å². The van der Waals surface area contributed by atoms with Gasteiger partial charge < -0.3 is 14.7 Å². The van der Waals surface area contributed by atoms with Gasteiger partial charge in [0.25, 0.3) is 0 Å². The molecule has 0 aliphatic carbocycles. The fourth-order valence-corrected chi connectivity index (χ4v) is 2.36. The van der Waals surface area contributed by atoms with Gasteiger partial charge in [-0.3, -0.25) is 19.3 Å². The number of unbranched alkanes of at least 4 members (excludes halogenated alkanes) is 1. The molecule has 0 bridgehead atoms. The molecule has 2 heterocycles. The minimum absolute atomic E-state index is 0. The maximum atomic E-state index is 11.7.